The highest BCUT2D eigenvalue weighted by Gasteiger charge is 2.38. The first-order chi connectivity index (χ1) is 16.6. The Morgan fingerprint density at radius 3 is 2.66 bits per heavy atom. The van der Waals surface area contributed by atoms with Gasteiger partial charge in [0, 0.05) is 43.5 Å². The standard InChI is InChI=1S/C26H36N8O/c1-15-7-8-17(22(35)21-16(2)29-21)11-20(15)31-25-32-23(30-18-9-10-28-13-18)19(12-27)24(33-25)34(6)14-26(3,4)5/h7-8,11,16,18,21,28-29H,9-10,13-14H2,1-6H3,(H2,30,31,32,33)/t16?,18-,21?/m1/s1. The van der Waals surface area contributed by atoms with Gasteiger partial charge in [0.2, 0.25) is 5.95 Å². The van der Waals surface area contributed by atoms with Crippen molar-refractivity contribution in [3.05, 3.63) is 34.9 Å². The van der Waals surface area contributed by atoms with Crippen LogP contribution in [-0.4, -0.2) is 60.6 Å². The van der Waals surface area contributed by atoms with Crippen LogP contribution in [0.1, 0.15) is 55.6 Å². The second kappa shape index (κ2) is 9.80. The first-order valence-electron chi connectivity index (χ1n) is 12.2. The fourth-order valence-electron chi connectivity index (χ4n) is 4.49. The number of nitrogens with zero attached hydrogens (tertiary/aromatic N) is 4. The van der Waals surface area contributed by atoms with Crippen LogP contribution in [-0.2, 0) is 0 Å². The summed E-state index contributed by atoms with van der Waals surface area (Å²) in [5, 5.41) is 23.3. The Hall–Kier alpha value is -3.22. The summed E-state index contributed by atoms with van der Waals surface area (Å²) >= 11 is 0. The molecule has 3 atom stereocenters. The monoisotopic (exact) mass is 476 g/mol. The summed E-state index contributed by atoms with van der Waals surface area (Å²) in [6, 6.07) is 8.26. The molecular weight excluding hydrogens is 440 g/mol. The topological polar surface area (TPSA) is 128 Å². The molecule has 9 nitrogen and oxygen atoms in total. The molecule has 0 saturated carbocycles. The summed E-state index contributed by atoms with van der Waals surface area (Å²) in [7, 11) is 1.95. The van der Waals surface area contributed by atoms with Crippen LogP contribution >= 0.6 is 0 Å². The maximum atomic E-state index is 12.8. The lowest BCUT2D eigenvalue weighted by Crippen LogP contribution is -2.31. The molecule has 0 amide bonds. The number of hydrogen-bond acceptors (Lipinski definition) is 9. The van der Waals surface area contributed by atoms with Crippen molar-refractivity contribution < 1.29 is 4.79 Å². The number of aryl methyl sites for hydroxylation is 1. The van der Waals surface area contributed by atoms with Crippen LogP contribution in [0.3, 0.4) is 0 Å². The largest absolute Gasteiger partial charge is 0.365 e. The van der Waals surface area contributed by atoms with E-state index in [0.717, 1.165) is 37.3 Å². The summed E-state index contributed by atoms with van der Waals surface area (Å²) in [6.07, 6.45) is 0.960. The van der Waals surface area contributed by atoms with Crippen LogP contribution in [0.2, 0.25) is 0 Å². The van der Waals surface area contributed by atoms with Gasteiger partial charge < -0.3 is 26.2 Å². The van der Waals surface area contributed by atoms with Crippen LogP contribution in [0.5, 0.6) is 0 Å². The van der Waals surface area contributed by atoms with Crippen molar-refractivity contribution in [2.45, 2.75) is 59.2 Å². The van der Waals surface area contributed by atoms with Gasteiger partial charge in [-0.2, -0.15) is 15.2 Å². The number of aromatic nitrogens is 2. The summed E-state index contributed by atoms with van der Waals surface area (Å²) in [5.74, 6) is 1.58. The summed E-state index contributed by atoms with van der Waals surface area (Å²) in [6.45, 7) is 12.9. The lowest BCUT2D eigenvalue weighted by Gasteiger charge is -2.29. The van der Waals surface area contributed by atoms with E-state index in [1.165, 1.54) is 0 Å². The Labute approximate surface area is 207 Å². The number of hydrogen-bond donors (Lipinski definition) is 4. The van der Waals surface area contributed by atoms with Crippen molar-refractivity contribution in [3.8, 4) is 6.07 Å². The van der Waals surface area contributed by atoms with Gasteiger partial charge in [0.1, 0.15) is 11.6 Å². The predicted molar refractivity (Wildman–Crippen MR) is 140 cm³/mol. The molecule has 2 fully saturated rings. The molecule has 3 heterocycles. The molecule has 9 heteroatoms. The Kier molecular flexibility index (Phi) is 6.97. The number of Topliss-reactive ketones (excluding diaryl/α,β-unsaturated/α-hetero) is 1. The van der Waals surface area contributed by atoms with Crippen molar-refractivity contribution in [1.29, 1.82) is 5.26 Å². The van der Waals surface area contributed by atoms with Crippen LogP contribution in [0.4, 0.5) is 23.3 Å². The van der Waals surface area contributed by atoms with Crippen molar-refractivity contribution in [1.82, 2.24) is 20.6 Å². The minimum atomic E-state index is -0.120. The number of ketones is 1. The third kappa shape index (κ3) is 5.89. The van der Waals surface area contributed by atoms with E-state index < -0.39 is 0 Å². The zero-order chi connectivity index (χ0) is 25.3. The summed E-state index contributed by atoms with van der Waals surface area (Å²) in [5.41, 5.74) is 2.84. The number of nitriles is 1. The molecule has 2 saturated heterocycles. The van der Waals surface area contributed by atoms with Crippen LogP contribution < -0.4 is 26.2 Å². The van der Waals surface area contributed by atoms with Gasteiger partial charge in [-0.25, -0.2) is 0 Å². The van der Waals surface area contributed by atoms with Crippen molar-refractivity contribution in [2.24, 2.45) is 5.41 Å². The van der Waals surface area contributed by atoms with Gasteiger partial charge in [-0.1, -0.05) is 32.9 Å². The first kappa shape index (κ1) is 24.9. The van der Waals surface area contributed by atoms with Crippen LogP contribution in [0.15, 0.2) is 18.2 Å². The van der Waals surface area contributed by atoms with E-state index in [1.54, 1.807) is 0 Å². The van der Waals surface area contributed by atoms with Gasteiger partial charge in [-0.15, -0.1) is 0 Å². The zero-order valence-corrected chi connectivity index (χ0v) is 21.5. The molecule has 1 aromatic heterocycles. The molecule has 0 radical (unpaired) electrons. The lowest BCUT2D eigenvalue weighted by atomic mass is 9.96. The van der Waals surface area contributed by atoms with Gasteiger partial charge in [0.05, 0.1) is 6.04 Å². The van der Waals surface area contributed by atoms with E-state index in [0.29, 0.717) is 28.7 Å². The third-order valence-electron chi connectivity index (χ3n) is 6.36. The normalized spacial score (nSPS) is 21.3. The van der Waals surface area contributed by atoms with Crippen molar-refractivity contribution >= 4 is 29.1 Å². The maximum absolute atomic E-state index is 12.8. The van der Waals surface area contributed by atoms with Gasteiger partial charge in [-0.3, -0.25) is 4.79 Å². The Bertz CT molecular complexity index is 1140. The quantitative estimate of drug-likeness (QED) is 0.335. The molecule has 35 heavy (non-hydrogen) atoms. The molecule has 1 aromatic carbocycles. The molecule has 4 rings (SSSR count). The Morgan fingerprint density at radius 1 is 1.31 bits per heavy atom. The SMILES string of the molecule is Cc1ccc(C(=O)C2NC2C)cc1Nc1nc(N[C@@H]2CCNC2)c(C#N)c(N(C)CC(C)(C)C)n1. The van der Waals surface area contributed by atoms with Crippen molar-refractivity contribution in [3.63, 3.8) is 0 Å². The van der Waals surface area contributed by atoms with Crippen LogP contribution in [0.25, 0.3) is 0 Å². The summed E-state index contributed by atoms with van der Waals surface area (Å²) in [4.78, 5) is 24.2. The molecule has 186 valence electrons. The molecular formula is C26H36N8O. The predicted octanol–water partition coefficient (Wildman–Crippen LogP) is 3.20. The molecule has 2 aliphatic heterocycles. The number of carbonyl (C=O) groups excluding carboxylic acids is 1. The third-order valence-corrected chi connectivity index (χ3v) is 6.36. The highest BCUT2D eigenvalue weighted by molar-refractivity contribution is 6.03. The molecule has 2 unspecified atom stereocenters. The highest BCUT2D eigenvalue weighted by Crippen LogP contribution is 2.30. The molecule has 2 aliphatic rings. The molecule has 0 bridgehead atoms. The Morgan fingerprint density at radius 2 is 2.06 bits per heavy atom. The fourth-order valence-corrected chi connectivity index (χ4v) is 4.49. The number of carbonyl (C=O) groups is 1. The van der Waals surface area contributed by atoms with E-state index in [1.807, 2.05) is 44.0 Å². The highest BCUT2D eigenvalue weighted by atomic mass is 16.1. The number of rotatable bonds is 8. The lowest BCUT2D eigenvalue weighted by molar-refractivity contribution is 0.0988. The molecule has 2 aromatic rings. The fraction of sp³-hybridized carbons (Fsp3) is 0.538. The average Bonchev–Trinajstić information content (AvgIpc) is 3.29. The van der Waals surface area contributed by atoms with E-state index >= 15 is 0 Å². The zero-order valence-electron chi connectivity index (χ0n) is 21.5. The average molecular weight is 477 g/mol. The van der Waals surface area contributed by atoms with Gasteiger partial charge in [-0.05, 0) is 43.9 Å². The van der Waals surface area contributed by atoms with E-state index in [4.69, 9.17) is 9.97 Å². The van der Waals surface area contributed by atoms with Gasteiger partial charge in [0.15, 0.2) is 17.4 Å². The minimum Gasteiger partial charge on any atom is -0.365 e. The van der Waals surface area contributed by atoms with Gasteiger partial charge >= 0.3 is 0 Å². The molecule has 4 N–H and O–H groups in total. The number of anilines is 4. The second-order valence-electron chi connectivity index (χ2n) is 10.9. The minimum absolute atomic E-state index is 0.0161. The Balaban J connectivity index is 1.70. The second-order valence-corrected chi connectivity index (χ2v) is 10.9. The first-order valence-corrected chi connectivity index (χ1v) is 12.2. The molecule has 0 spiro atoms. The van der Waals surface area contributed by atoms with E-state index in [9.17, 15) is 10.1 Å². The van der Waals surface area contributed by atoms with E-state index in [-0.39, 0.29) is 29.3 Å². The summed E-state index contributed by atoms with van der Waals surface area (Å²) < 4.78 is 0. The van der Waals surface area contributed by atoms with Crippen molar-refractivity contribution in [2.75, 3.05) is 42.2 Å². The number of nitrogens with one attached hydrogen (secondary N) is 4. The maximum Gasteiger partial charge on any atom is 0.231 e. The smallest absolute Gasteiger partial charge is 0.231 e. The van der Waals surface area contributed by atoms with E-state index in [2.05, 4.69) is 48.1 Å². The van der Waals surface area contributed by atoms with Gasteiger partial charge in [0.25, 0.3) is 0 Å². The number of benzene rings is 1. The molecule has 0 aliphatic carbocycles. The van der Waals surface area contributed by atoms with Crippen LogP contribution in [0, 0.1) is 23.7 Å².